The third-order valence-electron chi connectivity index (χ3n) is 5.38. The van der Waals surface area contributed by atoms with E-state index in [2.05, 4.69) is 5.32 Å². The molecule has 7 nitrogen and oxygen atoms in total. The fraction of sp³-hybridized carbons (Fsp3) is 0.286. The summed E-state index contributed by atoms with van der Waals surface area (Å²) in [6.45, 7) is 2.12. The van der Waals surface area contributed by atoms with Gasteiger partial charge in [0.25, 0.3) is 11.8 Å². The Kier molecular flexibility index (Phi) is 4.30. The van der Waals surface area contributed by atoms with Crippen molar-refractivity contribution in [1.29, 1.82) is 0 Å². The van der Waals surface area contributed by atoms with E-state index in [0.29, 0.717) is 29.2 Å². The predicted molar refractivity (Wildman–Crippen MR) is 104 cm³/mol. The van der Waals surface area contributed by atoms with Crippen LogP contribution in [-0.2, 0) is 9.59 Å². The molecule has 3 amide bonds. The number of likely N-dealkylation sites (N-methyl/N-ethyl adjacent to an activating group) is 1. The summed E-state index contributed by atoms with van der Waals surface area (Å²) in [6.07, 6.45) is 0.444. The topological polar surface area (TPSA) is 79.0 Å². The molecular weight excluding hydrogens is 358 g/mol. The number of carbonyl (C=O) groups is 3. The lowest BCUT2D eigenvalue weighted by Gasteiger charge is -2.48. The van der Waals surface area contributed by atoms with Gasteiger partial charge in [0.15, 0.2) is 0 Å². The maximum atomic E-state index is 13.5. The Hall–Kier alpha value is -3.35. The number of para-hydroxylation sites is 1. The van der Waals surface area contributed by atoms with Gasteiger partial charge in [0, 0.05) is 31.1 Å². The molecule has 2 heterocycles. The first-order chi connectivity index (χ1) is 13.5. The number of carbonyl (C=O) groups excluding carboxylic acids is 3. The minimum Gasteiger partial charge on any atom is -0.497 e. The second-order valence-electron chi connectivity index (χ2n) is 6.80. The number of ether oxygens (including phenoxy) is 1. The summed E-state index contributed by atoms with van der Waals surface area (Å²) in [6, 6.07) is 13.9. The average molecular weight is 379 g/mol. The summed E-state index contributed by atoms with van der Waals surface area (Å²) >= 11 is 0. The van der Waals surface area contributed by atoms with Crippen molar-refractivity contribution in [1.82, 2.24) is 4.90 Å². The lowest BCUT2D eigenvalue weighted by molar-refractivity contribution is -0.128. The molecule has 28 heavy (non-hydrogen) atoms. The van der Waals surface area contributed by atoms with Gasteiger partial charge in [-0.05, 0) is 31.2 Å². The van der Waals surface area contributed by atoms with Crippen molar-refractivity contribution in [3.63, 3.8) is 0 Å². The van der Waals surface area contributed by atoms with Crippen LogP contribution in [0.15, 0.2) is 48.5 Å². The molecule has 7 heteroatoms. The quantitative estimate of drug-likeness (QED) is 0.886. The smallest absolute Gasteiger partial charge is 0.271 e. The van der Waals surface area contributed by atoms with Gasteiger partial charge in [0.1, 0.15) is 5.75 Å². The van der Waals surface area contributed by atoms with Gasteiger partial charge >= 0.3 is 0 Å². The minimum absolute atomic E-state index is 0.167. The molecule has 0 aliphatic carbocycles. The normalized spacial score (nSPS) is 20.6. The molecule has 1 fully saturated rings. The Labute approximate surface area is 162 Å². The van der Waals surface area contributed by atoms with Gasteiger partial charge in [-0.25, -0.2) is 0 Å². The van der Waals surface area contributed by atoms with Gasteiger partial charge in [-0.3, -0.25) is 19.3 Å². The number of hydrogen-bond acceptors (Lipinski definition) is 4. The molecule has 0 unspecified atom stereocenters. The number of benzene rings is 2. The van der Waals surface area contributed by atoms with Crippen molar-refractivity contribution in [2.75, 3.05) is 23.9 Å². The van der Waals surface area contributed by atoms with Gasteiger partial charge in [-0.1, -0.05) is 18.2 Å². The summed E-state index contributed by atoms with van der Waals surface area (Å²) < 4.78 is 5.21. The van der Waals surface area contributed by atoms with Crippen LogP contribution in [0.3, 0.4) is 0 Å². The SMILES string of the molecule is CCN1C(=O)c2ccccc2N2C(=O)CC[C@@]12C(=O)Nc1cccc(OC)c1. The van der Waals surface area contributed by atoms with E-state index in [-0.39, 0.29) is 24.7 Å². The molecule has 0 saturated carbocycles. The van der Waals surface area contributed by atoms with E-state index in [9.17, 15) is 14.4 Å². The van der Waals surface area contributed by atoms with E-state index in [0.717, 1.165) is 0 Å². The first-order valence-corrected chi connectivity index (χ1v) is 9.22. The Balaban J connectivity index is 1.81. The molecule has 4 rings (SSSR count). The molecule has 0 radical (unpaired) electrons. The summed E-state index contributed by atoms with van der Waals surface area (Å²) in [5.74, 6) is -0.215. The van der Waals surface area contributed by atoms with E-state index in [4.69, 9.17) is 4.74 Å². The van der Waals surface area contributed by atoms with Gasteiger partial charge in [0.05, 0.1) is 18.4 Å². The number of anilines is 2. The highest BCUT2D eigenvalue weighted by Crippen LogP contribution is 2.44. The summed E-state index contributed by atoms with van der Waals surface area (Å²) in [4.78, 5) is 42.4. The molecule has 2 aromatic rings. The first kappa shape index (κ1) is 18.0. The Morgan fingerprint density at radius 3 is 2.71 bits per heavy atom. The number of nitrogens with zero attached hydrogens (tertiary/aromatic N) is 2. The Bertz CT molecular complexity index is 974. The Morgan fingerprint density at radius 2 is 1.96 bits per heavy atom. The van der Waals surface area contributed by atoms with E-state index < -0.39 is 11.6 Å². The minimum atomic E-state index is -1.37. The average Bonchev–Trinajstić information content (AvgIpc) is 3.07. The molecule has 0 bridgehead atoms. The third kappa shape index (κ3) is 2.46. The summed E-state index contributed by atoms with van der Waals surface area (Å²) in [5.41, 5.74) is 0.0886. The van der Waals surface area contributed by atoms with Crippen molar-refractivity contribution in [2.45, 2.75) is 25.4 Å². The van der Waals surface area contributed by atoms with Crippen molar-refractivity contribution >= 4 is 29.1 Å². The zero-order chi connectivity index (χ0) is 19.9. The van der Waals surface area contributed by atoms with Crippen LogP contribution in [-0.4, -0.2) is 41.9 Å². The standard InChI is InChI=1S/C21H21N3O4/c1-3-23-19(26)16-9-4-5-10-17(16)24-18(25)11-12-21(23,24)20(27)22-14-7-6-8-15(13-14)28-2/h4-10,13H,3,11-12H2,1-2H3,(H,22,27)/t21-/m1/s1. The highest BCUT2D eigenvalue weighted by atomic mass is 16.5. The highest BCUT2D eigenvalue weighted by molar-refractivity contribution is 6.18. The largest absolute Gasteiger partial charge is 0.497 e. The highest BCUT2D eigenvalue weighted by Gasteiger charge is 2.60. The van der Waals surface area contributed by atoms with Crippen LogP contribution in [0.5, 0.6) is 5.75 Å². The Morgan fingerprint density at radius 1 is 1.18 bits per heavy atom. The maximum Gasteiger partial charge on any atom is 0.271 e. The molecule has 0 spiro atoms. The molecule has 1 saturated heterocycles. The van der Waals surface area contributed by atoms with Crippen LogP contribution in [0.4, 0.5) is 11.4 Å². The zero-order valence-electron chi connectivity index (χ0n) is 15.8. The first-order valence-electron chi connectivity index (χ1n) is 9.22. The molecule has 2 aliphatic rings. The number of amides is 3. The number of rotatable bonds is 4. The molecular formula is C21H21N3O4. The molecule has 144 valence electrons. The van der Waals surface area contributed by atoms with E-state index in [1.807, 2.05) is 6.92 Å². The molecule has 2 aromatic carbocycles. The van der Waals surface area contributed by atoms with Crippen molar-refractivity contribution in [3.05, 3.63) is 54.1 Å². The van der Waals surface area contributed by atoms with Gasteiger partial charge < -0.3 is 15.0 Å². The van der Waals surface area contributed by atoms with Crippen LogP contribution < -0.4 is 15.0 Å². The fourth-order valence-corrected chi connectivity index (χ4v) is 4.14. The molecule has 1 atom stereocenters. The molecule has 1 N–H and O–H groups in total. The monoisotopic (exact) mass is 379 g/mol. The summed E-state index contributed by atoms with van der Waals surface area (Å²) in [7, 11) is 1.55. The van der Waals surface area contributed by atoms with Crippen LogP contribution in [0.25, 0.3) is 0 Å². The number of fused-ring (bicyclic) bond motifs is 3. The summed E-state index contributed by atoms with van der Waals surface area (Å²) in [5, 5.41) is 2.88. The van der Waals surface area contributed by atoms with Crippen molar-refractivity contribution in [3.8, 4) is 5.75 Å². The number of nitrogens with one attached hydrogen (secondary N) is 1. The van der Waals surface area contributed by atoms with Gasteiger partial charge in [-0.2, -0.15) is 0 Å². The van der Waals surface area contributed by atoms with Crippen LogP contribution in [0.1, 0.15) is 30.1 Å². The second-order valence-corrected chi connectivity index (χ2v) is 6.80. The maximum absolute atomic E-state index is 13.5. The second kappa shape index (κ2) is 6.67. The zero-order valence-corrected chi connectivity index (χ0v) is 15.8. The molecule has 2 aliphatic heterocycles. The number of methoxy groups -OCH3 is 1. The lowest BCUT2D eigenvalue weighted by Crippen LogP contribution is -2.69. The predicted octanol–water partition coefficient (Wildman–Crippen LogP) is 2.63. The van der Waals surface area contributed by atoms with Crippen LogP contribution in [0.2, 0.25) is 0 Å². The lowest BCUT2D eigenvalue weighted by atomic mass is 9.95. The van der Waals surface area contributed by atoms with E-state index >= 15 is 0 Å². The van der Waals surface area contributed by atoms with E-state index in [1.165, 1.54) is 9.80 Å². The van der Waals surface area contributed by atoms with E-state index in [1.54, 1.807) is 55.6 Å². The van der Waals surface area contributed by atoms with Gasteiger partial charge in [0.2, 0.25) is 11.6 Å². The number of hydrogen-bond donors (Lipinski definition) is 1. The van der Waals surface area contributed by atoms with Crippen molar-refractivity contribution < 1.29 is 19.1 Å². The van der Waals surface area contributed by atoms with Crippen LogP contribution in [0, 0.1) is 0 Å². The molecule has 0 aromatic heterocycles. The van der Waals surface area contributed by atoms with Gasteiger partial charge in [-0.15, -0.1) is 0 Å². The van der Waals surface area contributed by atoms with Crippen LogP contribution >= 0.6 is 0 Å². The third-order valence-corrected chi connectivity index (χ3v) is 5.38. The fourth-order valence-electron chi connectivity index (χ4n) is 4.14. The van der Waals surface area contributed by atoms with Crippen molar-refractivity contribution in [2.24, 2.45) is 0 Å².